The zero-order chi connectivity index (χ0) is 42.2. The van der Waals surface area contributed by atoms with Gasteiger partial charge in [-0.1, -0.05) is 0 Å². The first kappa shape index (κ1) is 42.8. The van der Waals surface area contributed by atoms with Gasteiger partial charge in [0.05, 0.1) is 60.2 Å². The number of carbonyl (C=O) groups excluding carboxylic acids is 4. The average molecular weight is 838 g/mol. The number of rotatable bonds is 10. The van der Waals surface area contributed by atoms with Crippen LogP contribution in [-0.2, 0) is 30.1 Å². The fourth-order valence-electron chi connectivity index (χ4n) is 7.98. The Morgan fingerprint density at radius 1 is 1.05 bits per heavy atom. The smallest absolute Gasteiger partial charge is 0.377 e. The molecule has 1 saturated carbocycles. The molecule has 1 aliphatic carbocycles. The lowest BCUT2D eigenvalue weighted by molar-refractivity contribution is -0.197. The number of carbonyl (C=O) groups is 4. The largest absolute Gasteiger partial charge is 0.419 e. The predicted molar refractivity (Wildman–Crippen MR) is 198 cm³/mol. The van der Waals surface area contributed by atoms with E-state index in [0.29, 0.717) is 43.9 Å². The van der Waals surface area contributed by atoms with E-state index in [1.807, 2.05) is 0 Å². The molecule has 21 heteroatoms. The maximum absolute atomic E-state index is 14.2. The minimum absolute atomic E-state index is 0.0209. The summed E-state index contributed by atoms with van der Waals surface area (Å²) in [5.74, 6) is -2.65. The van der Waals surface area contributed by atoms with Crippen LogP contribution in [-0.4, -0.2) is 123 Å². The maximum Gasteiger partial charge on any atom is 0.419 e. The van der Waals surface area contributed by atoms with Gasteiger partial charge < -0.3 is 15.0 Å². The van der Waals surface area contributed by atoms with Gasteiger partial charge >= 0.3 is 12.4 Å². The molecular weight excluding hydrogens is 797 g/mol. The number of halogens is 6. The highest BCUT2D eigenvalue weighted by molar-refractivity contribution is 7.80. The second kappa shape index (κ2) is 16.8. The third-order valence-electron chi connectivity index (χ3n) is 11.0. The van der Waals surface area contributed by atoms with Gasteiger partial charge in [0.1, 0.15) is 17.6 Å². The molecule has 58 heavy (non-hydrogen) atoms. The first-order valence-corrected chi connectivity index (χ1v) is 19.1. The molecule has 312 valence electrons. The fourth-order valence-corrected chi connectivity index (χ4v) is 8.54. The number of hydrogen-bond donors (Lipinski definition) is 2. The molecule has 2 aromatic rings. The number of pyridine rings is 2. The Hall–Kier alpha value is -4.78. The lowest BCUT2D eigenvalue weighted by atomic mass is 9.89. The Morgan fingerprint density at radius 3 is 2.40 bits per heavy atom. The highest BCUT2D eigenvalue weighted by Gasteiger charge is 2.53. The number of alkyl halides is 6. The van der Waals surface area contributed by atoms with Crippen molar-refractivity contribution in [3.05, 3.63) is 47.5 Å². The number of imide groups is 1. The molecule has 4 aliphatic rings. The Balaban J connectivity index is 0.970. The third kappa shape index (κ3) is 9.24. The van der Waals surface area contributed by atoms with Gasteiger partial charge in [-0.2, -0.15) is 31.6 Å². The first-order chi connectivity index (χ1) is 27.3. The van der Waals surface area contributed by atoms with Crippen molar-refractivity contribution in [2.75, 3.05) is 49.5 Å². The minimum atomic E-state index is -4.88. The van der Waals surface area contributed by atoms with Crippen LogP contribution in [0.15, 0.2) is 30.6 Å². The van der Waals surface area contributed by atoms with Crippen molar-refractivity contribution in [2.45, 2.75) is 94.4 Å². The van der Waals surface area contributed by atoms with Crippen LogP contribution in [0.4, 0.5) is 37.7 Å². The molecule has 5 heterocycles. The van der Waals surface area contributed by atoms with Crippen LogP contribution in [0.3, 0.4) is 0 Å². The molecule has 2 aromatic heterocycles. The van der Waals surface area contributed by atoms with E-state index in [-0.39, 0.29) is 73.7 Å². The van der Waals surface area contributed by atoms with Gasteiger partial charge in [-0.3, -0.25) is 44.2 Å². The maximum atomic E-state index is 14.2. The number of anilines is 2. The molecule has 0 aromatic carbocycles. The summed E-state index contributed by atoms with van der Waals surface area (Å²) in [6, 6.07) is 3.01. The molecule has 14 nitrogen and oxygen atoms in total. The summed E-state index contributed by atoms with van der Waals surface area (Å²) in [6.45, 7) is 3.03. The quantitative estimate of drug-likeness (QED) is 0.200. The molecular formula is C37H41F6N9O5S. The molecule has 3 aliphatic heterocycles. The molecule has 0 radical (unpaired) electrons. The molecule has 6 rings (SSSR count). The Labute approximate surface area is 334 Å². The number of nitrogens with one attached hydrogen (secondary N) is 2. The molecule has 0 spiro atoms. The van der Waals surface area contributed by atoms with Gasteiger partial charge in [-0.25, -0.2) is 4.98 Å². The number of hydrogen-bond acceptors (Lipinski definition) is 11. The number of thiocarbonyl (C=S) groups is 1. The summed E-state index contributed by atoms with van der Waals surface area (Å²) in [5.41, 5.74) is -2.83. The number of nitrogens with zero attached hydrogens (tertiary/aromatic N) is 7. The second-order valence-corrected chi connectivity index (χ2v) is 15.6. The predicted octanol–water partition coefficient (Wildman–Crippen LogP) is 4.11. The summed E-state index contributed by atoms with van der Waals surface area (Å²) in [4.78, 5) is 63.2. The van der Waals surface area contributed by atoms with E-state index in [1.54, 1.807) is 23.6 Å². The van der Waals surface area contributed by atoms with Crippen molar-refractivity contribution in [3.8, 4) is 6.07 Å². The summed E-state index contributed by atoms with van der Waals surface area (Å²) < 4.78 is 89.8. The van der Waals surface area contributed by atoms with E-state index >= 15 is 0 Å². The van der Waals surface area contributed by atoms with E-state index in [9.17, 15) is 45.5 Å². The second-order valence-electron chi connectivity index (χ2n) is 15.2. The lowest BCUT2D eigenvalue weighted by Gasteiger charge is -2.42. The minimum Gasteiger partial charge on any atom is -0.377 e. The van der Waals surface area contributed by atoms with Crippen molar-refractivity contribution in [1.29, 1.82) is 5.26 Å². The molecule has 1 unspecified atom stereocenters. The van der Waals surface area contributed by atoms with E-state index in [1.165, 1.54) is 24.4 Å². The number of piperidine rings is 1. The molecule has 4 amide bonds. The SMILES string of the molecule is CC1(C)C(=O)N(c2cnc(C#N)c(C(F)(F)F)c2)C(=S)N1C1CCC(OCCN2CCN(CC(=O)Nc3ccc(C4CCC(=O)NC4=O)nc3)[C@@H](C(F)(F)F)C2)CC1. The van der Waals surface area contributed by atoms with Crippen LogP contribution >= 0.6 is 12.2 Å². The van der Waals surface area contributed by atoms with Crippen LogP contribution in [0.5, 0.6) is 0 Å². The molecule has 2 N–H and O–H groups in total. The number of amides is 4. The van der Waals surface area contributed by atoms with E-state index in [2.05, 4.69) is 20.6 Å². The molecule has 3 saturated heterocycles. The summed E-state index contributed by atoms with van der Waals surface area (Å²) in [6.07, 6.45) is -4.74. The monoisotopic (exact) mass is 837 g/mol. The van der Waals surface area contributed by atoms with E-state index < -0.39 is 65.4 Å². The van der Waals surface area contributed by atoms with Crippen LogP contribution < -0.4 is 15.5 Å². The number of aromatic nitrogens is 2. The summed E-state index contributed by atoms with van der Waals surface area (Å²) in [5, 5.41) is 14.0. The van der Waals surface area contributed by atoms with Crippen LogP contribution in [0, 0.1) is 11.3 Å². The van der Waals surface area contributed by atoms with E-state index in [4.69, 9.17) is 22.2 Å². The Kier molecular flexibility index (Phi) is 12.4. The molecule has 2 atom stereocenters. The zero-order valence-electron chi connectivity index (χ0n) is 31.5. The van der Waals surface area contributed by atoms with Crippen molar-refractivity contribution in [3.63, 3.8) is 0 Å². The number of piperazine rings is 1. The Bertz CT molecular complexity index is 1970. The van der Waals surface area contributed by atoms with Crippen LogP contribution in [0.2, 0.25) is 0 Å². The van der Waals surface area contributed by atoms with Gasteiger partial charge in [0.15, 0.2) is 10.8 Å². The lowest BCUT2D eigenvalue weighted by Crippen LogP contribution is -2.60. The average Bonchev–Trinajstić information content (AvgIpc) is 3.33. The van der Waals surface area contributed by atoms with Gasteiger partial charge in [0.2, 0.25) is 17.7 Å². The van der Waals surface area contributed by atoms with Crippen molar-refractivity contribution in [1.82, 2.24) is 30.0 Å². The highest BCUT2D eigenvalue weighted by atomic mass is 32.1. The van der Waals surface area contributed by atoms with Crippen molar-refractivity contribution >= 4 is 52.3 Å². The van der Waals surface area contributed by atoms with Crippen molar-refractivity contribution in [2.24, 2.45) is 0 Å². The van der Waals surface area contributed by atoms with Gasteiger partial charge in [0.25, 0.3) is 5.91 Å². The topological polar surface area (TPSA) is 164 Å². The Morgan fingerprint density at radius 2 is 1.78 bits per heavy atom. The normalized spacial score (nSPS) is 24.8. The van der Waals surface area contributed by atoms with Crippen LogP contribution in [0.25, 0.3) is 0 Å². The van der Waals surface area contributed by atoms with Crippen LogP contribution in [0.1, 0.15) is 75.2 Å². The molecule has 4 fully saturated rings. The van der Waals surface area contributed by atoms with Gasteiger partial charge in [-0.15, -0.1) is 0 Å². The standard InChI is InChI=1S/C37H41F6N9O5S/c1-35(2)33(56)51(23-15-26(36(38,39)40)28(16-44)46-18-23)34(58)52(35)22-4-6-24(7-5-22)57-14-13-49-11-12-50(29(19-49)37(41,42)43)20-31(54)47-21-3-9-27(45-17-21)25-8-10-30(53)48-32(25)55/h3,9,15,17-18,22,24-25,29H,4-8,10-14,19-20H2,1-2H3,(H,47,54)(H,48,53,55)/t22?,24?,25?,29-/m1/s1. The highest BCUT2D eigenvalue weighted by Crippen LogP contribution is 2.40. The number of nitriles is 1. The zero-order valence-corrected chi connectivity index (χ0v) is 32.3. The van der Waals surface area contributed by atoms with Crippen molar-refractivity contribution < 1.29 is 50.3 Å². The fraction of sp³-hybridized carbons (Fsp3) is 0.568. The van der Waals surface area contributed by atoms with Gasteiger partial charge in [0, 0.05) is 38.6 Å². The number of ether oxygens (including phenoxy) is 1. The first-order valence-electron chi connectivity index (χ1n) is 18.7. The van der Waals surface area contributed by atoms with E-state index in [0.717, 1.165) is 16.0 Å². The van der Waals surface area contributed by atoms with Gasteiger partial charge in [-0.05, 0) is 76.4 Å². The molecule has 0 bridgehead atoms. The summed E-state index contributed by atoms with van der Waals surface area (Å²) >= 11 is 5.64. The summed E-state index contributed by atoms with van der Waals surface area (Å²) in [7, 11) is 0. The third-order valence-corrected chi connectivity index (χ3v) is 11.4.